The number of hydrogen-bond donors (Lipinski definition) is 1. The van der Waals surface area contributed by atoms with E-state index >= 15 is 0 Å². The van der Waals surface area contributed by atoms with E-state index in [1.807, 2.05) is 13.8 Å². The van der Waals surface area contributed by atoms with Crippen molar-refractivity contribution >= 4 is 27.5 Å². The molecule has 8 heteroatoms. The van der Waals surface area contributed by atoms with Gasteiger partial charge in [-0.1, -0.05) is 29.8 Å². The van der Waals surface area contributed by atoms with E-state index in [0.717, 1.165) is 5.56 Å². The van der Waals surface area contributed by atoms with Crippen molar-refractivity contribution in [3.8, 4) is 0 Å². The lowest BCUT2D eigenvalue weighted by Crippen LogP contribution is -2.48. The molecule has 0 aliphatic carbocycles. The Morgan fingerprint density at radius 1 is 1.14 bits per heavy atom. The summed E-state index contributed by atoms with van der Waals surface area (Å²) < 4.78 is 33.4. The molecule has 1 aliphatic rings. The van der Waals surface area contributed by atoms with Gasteiger partial charge in [0.05, 0.1) is 17.1 Å². The molecule has 0 radical (unpaired) electrons. The summed E-state index contributed by atoms with van der Waals surface area (Å²) in [5.74, 6) is -0.0475. The maximum atomic E-state index is 12.7. The van der Waals surface area contributed by atoms with E-state index in [1.54, 1.807) is 48.2 Å². The topological polar surface area (TPSA) is 75.7 Å². The molecule has 3 rings (SSSR count). The van der Waals surface area contributed by atoms with Crippen molar-refractivity contribution in [3.63, 3.8) is 0 Å². The third-order valence-corrected chi connectivity index (χ3v) is 6.84. The fraction of sp³-hybridized carbons (Fsp3) is 0.381. The van der Waals surface area contributed by atoms with E-state index < -0.39 is 10.0 Å². The molecule has 29 heavy (non-hydrogen) atoms. The van der Waals surface area contributed by atoms with Crippen LogP contribution in [0, 0.1) is 6.92 Å². The third-order valence-electron chi connectivity index (χ3n) is 4.88. The lowest BCUT2D eigenvalue weighted by Gasteiger charge is -2.35. The summed E-state index contributed by atoms with van der Waals surface area (Å²) in [4.78, 5) is 14.7. The number of carbonyl (C=O) groups excluding carboxylic acids is 1. The average molecular weight is 437 g/mol. The van der Waals surface area contributed by atoms with E-state index in [1.165, 1.54) is 6.07 Å². The first-order chi connectivity index (χ1) is 13.7. The van der Waals surface area contributed by atoms with Crippen LogP contribution in [0.4, 0.5) is 0 Å². The van der Waals surface area contributed by atoms with Crippen molar-refractivity contribution < 1.29 is 17.9 Å². The lowest BCUT2D eigenvalue weighted by molar-refractivity contribution is -0.0586. The van der Waals surface area contributed by atoms with Crippen LogP contribution in [-0.4, -0.2) is 44.5 Å². The Kier molecular flexibility index (Phi) is 6.63. The molecule has 1 saturated heterocycles. The van der Waals surface area contributed by atoms with Gasteiger partial charge >= 0.3 is 0 Å². The van der Waals surface area contributed by atoms with E-state index in [9.17, 15) is 13.2 Å². The molecule has 1 heterocycles. The maximum absolute atomic E-state index is 12.7. The van der Waals surface area contributed by atoms with Gasteiger partial charge in [-0.2, -0.15) is 0 Å². The maximum Gasteiger partial charge on any atom is 0.254 e. The number of morpholine rings is 1. The number of halogens is 1. The van der Waals surface area contributed by atoms with Gasteiger partial charge in [0.1, 0.15) is 0 Å². The molecule has 0 unspecified atom stereocenters. The fourth-order valence-electron chi connectivity index (χ4n) is 3.43. The highest BCUT2D eigenvalue weighted by Crippen LogP contribution is 2.23. The minimum atomic E-state index is -3.69. The Bertz CT molecular complexity index is 982. The van der Waals surface area contributed by atoms with Gasteiger partial charge in [-0.05, 0) is 56.2 Å². The normalized spacial score (nSPS) is 19.9. The molecule has 156 valence electrons. The van der Waals surface area contributed by atoms with Gasteiger partial charge < -0.3 is 9.64 Å². The van der Waals surface area contributed by atoms with Gasteiger partial charge in [0, 0.05) is 30.2 Å². The summed E-state index contributed by atoms with van der Waals surface area (Å²) in [6.07, 6.45) is 0.0117. The summed E-state index contributed by atoms with van der Waals surface area (Å²) in [5, 5.41) is 0.405. The molecule has 1 fully saturated rings. The quantitative estimate of drug-likeness (QED) is 0.779. The van der Waals surface area contributed by atoms with Crippen molar-refractivity contribution in [2.45, 2.75) is 44.4 Å². The van der Waals surface area contributed by atoms with Gasteiger partial charge in [0.25, 0.3) is 5.91 Å². The van der Waals surface area contributed by atoms with E-state index in [4.69, 9.17) is 16.3 Å². The highest BCUT2D eigenvalue weighted by atomic mass is 35.5. The van der Waals surface area contributed by atoms with Gasteiger partial charge in [0.15, 0.2) is 0 Å². The largest absolute Gasteiger partial charge is 0.372 e. The zero-order chi connectivity index (χ0) is 21.2. The van der Waals surface area contributed by atoms with E-state index in [2.05, 4.69) is 4.72 Å². The van der Waals surface area contributed by atoms with Crippen LogP contribution in [0.1, 0.15) is 35.3 Å². The third kappa shape index (κ3) is 5.17. The number of nitrogens with zero attached hydrogens (tertiary/aromatic N) is 1. The van der Waals surface area contributed by atoms with Crippen LogP contribution in [0.5, 0.6) is 0 Å². The number of carbonyl (C=O) groups is 1. The number of hydrogen-bond acceptors (Lipinski definition) is 4. The SMILES string of the molecule is Cc1c(Cl)cccc1S(=O)(=O)NCc1ccc(C(=O)N2C[C@@H](C)O[C@@H](C)C2)cc1. The second-order valence-corrected chi connectivity index (χ2v) is 9.49. The standard InChI is InChI=1S/C21H25ClN2O4S/c1-14-12-24(13-15(2)28-14)21(25)18-9-7-17(8-10-18)11-23-29(26,27)20-6-4-5-19(22)16(20)3/h4-10,14-15,23H,11-13H2,1-3H3/t14-,15+. The predicted octanol–water partition coefficient (Wildman–Crippen LogP) is 3.38. The summed E-state index contributed by atoms with van der Waals surface area (Å²) in [5.41, 5.74) is 1.84. The Morgan fingerprint density at radius 2 is 1.76 bits per heavy atom. The first kappa shape index (κ1) is 21.8. The monoisotopic (exact) mass is 436 g/mol. The number of rotatable bonds is 5. The Balaban J connectivity index is 1.66. The molecule has 1 amide bonds. The van der Waals surface area contributed by atoms with Crippen LogP contribution in [0.25, 0.3) is 0 Å². The highest BCUT2D eigenvalue weighted by Gasteiger charge is 2.26. The summed E-state index contributed by atoms with van der Waals surface area (Å²) in [6.45, 7) is 6.81. The molecule has 2 aromatic carbocycles. The molecular weight excluding hydrogens is 412 g/mol. The Labute approximate surface area is 176 Å². The number of ether oxygens (including phenoxy) is 1. The minimum absolute atomic E-state index is 0.00586. The molecule has 0 aromatic heterocycles. The van der Waals surface area contributed by atoms with E-state index in [-0.39, 0.29) is 29.6 Å². The number of amides is 1. The highest BCUT2D eigenvalue weighted by molar-refractivity contribution is 7.89. The molecular formula is C21H25ClN2O4S. The van der Waals surface area contributed by atoms with Crippen LogP contribution < -0.4 is 4.72 Å². The summed E-state index contributed by atoms with van der Waals surface area (Å²) in [6, 6.07) is 11.7. The smallest absolute Gasteiger partial charge is 0.254 e. The first-order valence-corrected chi connectivity index (χ1v) is 11.3. The van der Waals surface area contributed by atoms with Crippen molar-refractivity contribution in [3.05, 3.63) is 64.2 Å². The van der Waals surface area contributed by atoms with Crippen LogP contribution in [0.15, 0.2) is 47.4 Å². The van der Waals surface area contributed by atoms with Crippen molar-refractivity contribution in [2.75, 3.05) is 13.1 Å². The Hall–Kier alpha value is -1.93. The first-order valence-electron chi connectivity index (χ1n) is 9.46. The molecule has 0 saturated carbocycles. The molecule has 0 spiro atoms. The number of sulfonamides is 1. The van der Waals surface area contributed by atoms with Crippen LogP contribution in [-0.2, 0) is 21.3 Å². The second kappa shape index (κ2) is 8.83. The van der Waals surface area contributed by atoms with E-state index in [0.29, 0.717) is 29.2 Å². The Morgan fingerprint density at radius 3 is 2.38 bits per heavy atom. The second-order valence-electron chi connectivity index (χ2n) is 7.35. The van der Waals surface area contributed by atoms with Crippen molar-refractivity contribution in [2.24, 2.45) is 0 Å². The molecule has 1 N–H and O–H groups in total. The zero-order valence-corrected chi connectivity index (χ0v) is 18.3. The van der Waals surface area contributed by atoms with Gasteiger partial charge in [0.2, 0.25) is 10.0 Å². The number of nitrogens with one attached hydrogen (secondary N) is 1. The molecule has 2 aromatic rings. The predicted molar refractivity (Wildman–Crippen MR) is 113 cm³/mol. The minimum Gasteiger partial charge on any atom is -0.372 e. The summed E-state index contributed by atoms with van der Waals surface area (Å²) >= 11 is 6.03. The van der Waals surface area contributed by atoms with Crippen LogP contribution in [0.3, 0.4) is 0 Å². The zero-order valence-electron chi connectivity index (χ0n) is 16.7. The van der Waals surface area contributed by atoms with Gasteiger partial charge in [-0.25, -0.2) is 13.1 Å². The molecule has 1 aliphatic heterocycles. The molecule has 0 bridgehead atoms. The van der Waals surface area contributed by atoms with Crippen molar-refractivity contribution in [1.82, 2.24) is 9.62 Å². The van der Waals surface area contributed by atoms with Gasteiger partial charge in [-0.3, -0.25) is 4.79 Å². The lowest BCUT2D eigenvalue weighted by atomic mass is 10.1. The van der Waals surface area contributed by atoms with Crippen LogP contribution in [0.2, 0.25) is 5.02 Å². The van der Waals surface area contributed by atoms with Gasteiger partial charge in [-0.15, -0.1) is 0 Å². The van der Waals surface area contributed by atoms with Crippen molar-refractivity contribution in [1.29, 1.82) is 0 Å². The molecule has 6 nitrogen and oxygen atoms in total. The van der Waals surface area contributed by atoms with Crippen LogP contribution >= 0.6 is 11.6 Å². The average Bonchev–Trinajstić information content (AvgIpc) is 2.67. The fourth-order valence-corrected chi connectivity index (χ4v) is 4.94. The molecule has 2 atom stereocenters. The number of benzene rings is 2. The summed E-state index contributed by atoms with van der Waals surface area (Å²) in [7, 11) is -3.69.